The molecular weight excluding hydrogens is 1810 g/mol. The summed E-state index contributed by atoms with van der Waals surface area (Å²) in [6.45, 7) is 2.94. The normalized spacial score (nSPS) is 25.0. The summed E-state index contributed by atoms with van der Waals surface area (Å²) in [6, 6.07) is -1.38. The number of amides is 16. The third-order valence-corrected chi connectivity index (χ3v) is 26.2. The van der Waals surface area contributed by atoms with Crippen molar-refractivity contribution in [3.8, 4) is 5.75 Å². The van der Waals surface area contributed by atoms with Gasteiger partial charge in [-0.3, -0.25) is 86.9 Å². The minimum absolute atomic E-state index is 0.0113. The van der Waals surface area contributed by atoms with Crippen molar-refractivity contribution in [1.82, 2.24) is 103 Å². The number of aliphatic carboxylic acids is 1. The Balaban J connectivity index is 1.01. The molecule has 23 N–H and O–H groups in total. The molecule has 0 radical (unpaired) electrons. The molecule has 6 aromatic rings. The molecule has 748 valence electrons. The maximum absolute atomic E-state index is 15.8. The lowest BCUT2D eigenvalue weighted by atomic mass is 9.97. The number of guanidine groups is 1. The van der Waals surface area contributed by atoms with E-state index in [-0.39, 0.29) is 115 Å². The van der Waals surface area contributed by atoms with Crippen LogP contribution in [0.2, 0.25) is 0 Å². The first-order valence-electron chi connectivity index (χ1n) is 46.8. The van der Waals surface area contributed by atoms with Crippen molar-refractivity contribution in [1.29, 1.82) is 5.41 Å². The van der Waals surface area contributed by atoms with Crippen molar-refractivity contribution in [3.63, 3.8) is 0 Å². The number of phenolic OH excluding ortho intramolecular Hbond substituents is 1. The monoisotopic (exact) mass is 1940 g/mol. The molecule has 44 nitrogen and oxygen atoms in total. The highest BCUT2D eigenvalue weighted by Crippen LogP contribution is 2.29. The van der Waals surface area contributed by atoms with E-state index in [9.17, 15) is 58.8 Å². The molecule has 10 rings (SSSR count). The van der Waals surface area contributed by atoms with Crippen LogP contribution in [-0.4, -0.2) is 327 Å². The minimum Gasteiger partial charge on any atom is -0.508 e. The van der Waals surface area contributed by atoms with E-state index in [1.807, 2.05) is 13.8 Å². The number of nitrogens with one attached hydrogen (secondary N) is 15. The molecule has 16 amide bonds. The summed E-state index contributed by atoms with van der Waals surface area (Å²) in [6.07, 6.45) is 4.47. The minimum atomic E-state index is -1.89. The first-order chi connectivity index (χ1) is 66.1. The number of primary amides is 1. The first kappa shape index (κ1) is 106. The van der Waals surface area contributed by atoms with Crippen LogP contribution in [-0.2, 0) is 107 Å². The Morgan fingerprint density at radius 2 is 1.08 bits per heavy atom. The van der Waals surface area contributed by atoms with Gasteiger partial charge in [-0.1, -0.05) is 101 Å². The summed E-state index contributed by atoms with van der Waals surface area (Å²) in [4.78, 5) is 270. The number of H-pyrrole nitrogens is 3. The van der Waals surface area contributed by atoms with Crippen LogP contribution in [0.15, 0.2) is 97.7 Å². The van der Waals surface area contributed by atoms with E-state index in [0.29, 0.717) is 82.7 Å². The number of piperidine rings is 1. The number of hydrogen-bond acceptors (Lipinski definition) is 23. The van der Waals surface area contributed by atoms with Gasteiger partial charge in [-0.2, -0.15) is 0 Å². The quantitative estimate of drug-likeness (QED) is 0.0164. The topological polar surface area (TPSA) is 656 Å². The standard InChI is InChI=1S/C93H129N23O21S/c1-6-9-25-71-84(129)106-63(24-17-33-98-93(95)96)81(126)111-70(80(125)101-46-76(94)120)49-138-50-78(122)105-66(36-52-29-31-57(118)32-30-52)90(135)114-34-16-15-27-72(114)86(131)109-68(42-79(123)124)91(136)115-35-18-28-73(115)85(130)103-55(39-56-45-97-51-102-56)40-77(121)104-64(19-8-3)89(134)116-47-58(119)41-75(116)87(132)107-65(37-53-43-99-61-22-13-11-20-59(53)61)82(127)110-69(48-117)83(128)108-67(38-54-44-100-62-23-14-12-21-60(54)62)88(133)113(5)74(26-10-7-2)92(137)112(71)4/h11-14,20-23,29-32,43-45,51,55,58,63-75,99-100,117-119H,6-10,15-19,24-28,33-42,46-50H2,1-5H3,(H2,94,120)(H,97,102)(H,101,125)(H,103,130)(H,104,121)(H,105,122)(H,106,129)(H,107,132)(H,108,128)(H,109,131)(H,110,127)(H,111,126)(H,123,124)(H4,95,96,98). The number of aliphatic hydroxyl groups excluding tert-OH is 2. The van der Waals surface area contributed by atoms with Crippen molar-refractivity contribution < 1.29 is 102 Å². The van der Waals surface area contributed by atoms with E-state index >= 15 is 43.2 Å². The number of likely N-dealkylation sites (N-methyl/N-ethyl adjacent to an activating group) is 2. The van der Waals surface area contributed by atoms with Gasteiger partial charge in [0.25, 0.3) is 0 Å². The molecular formula is C93H129N23O21S. The highest BCUT2D eigenvalue weighted by molar-refractivity contribution is 8.00. The van der Waals surface area contributed by atoms with Gasteiger partial charge in [0.05, 0.1) is 37.8 Å². The Labute approximate surface area is 801 Å². The lowest BCUT2D eigenvalue weighted by Gasteiger charge is -2.38. The second-order valence-corrected chi connectivity index (χ2v) is 36.4. The number of nitrogens with two attached hydrogens (primary N) is 2. The number of fused-ring (bicyclic) bond motifs is 5. The number of aromatic hydroxyl groups is 1. The summed E-state index contributed by atoms with van der Waals surface area (Å²) in [7, 11) is 2.69. The Hall–Kier alpha value is -13.7. The van der Waals surface area contributed by atoms with Gasteiger partial charge in [0.1, 0.15) is 84.3 Å². The number of carboxylic acids is 1. The molecule has 15 unspecified atom stereocenters. The number of carbonyl (C=O) groups excluding carboxylic acids is 16. The Bertz CT molecular complexity index is 5310. The summed E-state index contributed by atoms with van der Waals surface area (Å²) < 4.78 is 0. The van der Waals surface area contributed by atoms with Crippen LogP contribution >= 0.6 is 11.8 Å². The van der Waals surface area contributed by atoms with Crippen LogP contribution in [0.25, 0.3) is 21.8 Å². The number of thioether (sulfide) groups is 1. The molecule has 15 atom stereocenters. The Morgan fingerprint density at radius 1 is 0.529 bits per heavy atom. The number of imidazole rings is 1. The van der Waals surface area contributed by atoms with Gasteiger partial charge >= 0.3 is 5.97 Å². The number of nitrogens with zero attached hydrogens (tertiary/aromatic N) is 6. The van der Waals surface area contributed by atoms with E-state index in [4.69, 9.17) is 16.9 Å². The van der Waals surface area contributed by atoms with Gasteiger partial charge in [0.15, 0.2) is 5.96 Å². The average molecular weight is 1940 g/mol. The zero-order valence-corrected chi connectivity index (χ0v) is 78.9. The largest absolute Gasteiger partial charge is 0.508 e. The molecule has 0 spiro atoms. The number of carbonyl (C=O) groups is 17. The summed E-state index contributed by atoms with van der Waals surface area (Å²) >= 11 is 0.775. The van der Waals surface area contributed by atoms with E-state index in [1.54, 1.807) is 67.8 Å². The first-order valence-corrected chi connectivity index (χ1v) is 48.0. The van der Waals surface area contributed by atoms with Crippen LogP contribution < -0.4 is 70.0 Å². The molecule has 4 fully saturated rings. The number of unbranched alkanes of at least 4 members (excludes halogenated alkanes) is 2. The third kappa shape index (κ3) is 29.4. The van der Waals surface area contributed by atoms with Gasteiger partial charge in [-0.15, -0.1) is 11.8 Å². The van der Waals surface area contributed by atoms with E-state index in [1.165, 1.54) is 55.8 Å². The van der Waals surface area contributed by atoms with Crippen molar-refractivity contribution in [2.75, 3.05) is 64.9 Å². The molecule has 138 heavy (non-hydrogen) atoms. The number of rotatable bonds is 26. The van der Waals surface area contributed by atoms with Gasteiger partial charge in [0, 0.05) is 137 Å². The van der Waals surface area contributed by atoms with Gasteiger partial charge < -0.3 is 130 Å². The van der Waals surface area contributed by atoms with E-state index < -0.39 is 241 Å². The summed E-state index contributed by atoms with van der Waals surface area (Å²) in [5.74, 6) is -17.6. The number of benzene rings is 3. The van der Waals surface area contributed by atoms with Crippen LogP contribution in [0.1, 0.15) is 159 Å². The van der Waals surface area contributed by atoms with Crippen molar-refractivity contribution >= 4 is 140 Å². The van der Waals surface area contributed by atoms with E-state index in [0.717, 1.165) is 31.4 Å². The number of hydrogen-bond donors (Lipinski definition) is 21. The molecule has 0 saturated carbocycles. The van der Waals surface area contributed by atoms with Gasteiger partial charge in [-0.05, 0) is 105 Å². The molecule has 0 aliphatic carbocycles. The molecule has 3 aromatic carbocycles. The number of aromatic amines is 3. The van der Waals surface area contributed by atoms with Crippen LogP contribution in [0.3, 0.4) is 0 Å². The summed E-state index contributed by atoms with van der Waals surface area (Å²) in [5.41, 5.74) is 14.2. The fraction of sp³-hybridized carbons (Fsp3) is 0.538. The smallest absolute Gasteiger partial charge is 0.305 e. The number of phenols is 1. The van der Waals surface area contributed by atoms with Crippen molar-refractivity contribution in [3.05, 3.63) is 120 Å². The highest BCUT2D eigenvalue weighted by atomic mass is 32.2. The molecule has 45 heteroatoms. The molecule has 0 bridgehead atoms. The molecule has 7 heterocycles. The third-order valence-electron chi connectivity index (χ3n) is 25.2. The number of aliphatic hydroxyl groups is 2. The Morgan fingerprint density at radius 3 is 1.70 bits per heavy atom. The van der Waals surface area contributed by atoms with Crippen LogP contribution in [0, 0.1) is 5.41 Å². The molecule has 4 saturated heterocycles. The number of carboxylic acid groups (broad SMARTS) is 1. The molecule has 4 aliphatic heterocycles. The van der Waals surface area contributed by atoms with Crippen molar-refractivity contribution in [2.24, 2.45) is 11.5 Å². The summed E-state index contributed by atoms with van der Waals surface area (Å²) in [5, 5.41) is 81.8. The Kier molecular flexibility index (Phi) is 39.6. The highest BCUT2D eigenvalue weighted by Gasteiger charge is 2.47. The van der Waals surface area contributed by atoms with Crippen LogP contribution in [0.4, 0.5) is 0 Å². The SMILES string of the molecule is CCCCC1C(=O)N(C)C(CCCC)C(=O)NC(CCCNC(=N)N)C(=O)NC(C(=O)NCC(N)=O)CSCC(=O)NC(Cc2ccc(O)cc2)C(=O)N2CCCCC2C(=O)NC(CC(=O)O)C(=O)N2CCCC2C(=O)NC(Cc2cnc[nH]2)CC(=O)NC(CCC)C(=O)N2CC(O)CC2C(=O)NC(Cc2c[nH]c3ccccc23)C(=O)NC(CO)C(=O)NC(Cc2c[nH]c3ccccc23)C(=O)N1C. The average Bonchev–Trinajstić information content (AvgIpc) is 1.47. The lowest BCUT2D eigenvalue weighted by Crippen LogP contribution is -2.61. The maximum atomic E-state index is 15.8. The van der Waals surface area contributed by atoms with Gasteiger partial charge in [-0.25, -0.2) is 4.98 Å². The zero-order valence-electron chi connectivity index (χ0n) is 78.1. The predicted molar refractivity (Wildman–Crippen MR) is 505 cm³/mol. The lowest BCUT2D eigenvalue weighted by molar-refractivity contribution is -0.149. The zero-order chi connectivity index (χ0) is 100.0. The number of aromatic nitrogens is 4. The molecule has 3 aromatic heterocycles. The second kappa shape index (κ2) is 51.5. The van der Waals surface area contributed by atoms with Crippen LogP contribution in [0.5, 0.6) is 5.75 Å². The number of para-hydroxylation sites is 2. The maximum Gasteiger partial charge on any atom is 0.305 e. The molecule has 4 aliphatic rings. The van der Waals surface area contributed by atoms with E-state index in [2.05, 4.69) is 78.4 Å². The fourth-order valence-electron chi connectivity index (χ4n) is 17.9. The van der Waals surface area contributed by atoms with Crippen molar-refractivity contribution in [2.45, 2.75) is 253 Å². The predicted octanol–water partition coefficient (Wildman–Crippen LogP) is -1.65. The second-order valence-electron chi connectivity index (χ2n) is 35.4. The van der Waals surface area contributed by atoms with Gasteiger partial charge in [0.2, 0.25) is 94.5 Å². The fourth-order valence-corrected chi connectivity index (χ4v) is 18.7.